The number of nitrogens with one attached hydrogen (secondary N) is 1. The lowest BCUT2D eigenvalue weighted by atomic mass is 10.1. The van der Waals surface area contributed by atoms with Crippen LogP contribution in [-0.4, -0.2) is 34.9 Å². The summed E-state index contributed by atoms with van der Waals surface area (Å²) >= 11 is 0. The molecule has 110 valence electrons. The van der Waals surface area contributed by atoms with Gasteiger partial charge in [0.1, 0.15) is 5.69 Å². The standard InChI is InChI=1S/C16H25N3O/c1-4-17-13-7-9-18-15(11-13)16(20)19(14-5-6-14)10-8-12(2)3/h7,9,11-12,14H,4-6,8,10H2,1-3H3,(H,17,18). The van der Waals surface area contributed by atoms with Gasteiger partial charge in [-0.05, 0) is 44.2 Å². The van der Waals surface area contributed by atoms with Gasteiger partial charge in [0.2, 0.25) is 0 Å². The molecule has 1 aromatic heterocycles. The summed E-state index contributed by atoms with van der Waals surface area (Å²) in [5.41, 5.74) is 1.52. The third-order valence-electron chi connectivity index (χ3n) is 3.56. The van der Waals surface area contributed by atoms with Gasteiger partial charge in [-0.15, -0.1) is 0 Å². The van der Waals surface area contributed by atoms with Gasteiger partial charge in [0.25, 0.3) is 5.91 Å². The number of amides is 1. The van der Waals surface area contributed by atoms with Crippen LogP contribution in [0.3, 0.4) is 0 Å². The molecule has 0 bridgehead atoms. The summed E-state index contributed by atoms with van der Waals surface area (Å²) in [7, 11) is 0. The van der Waals surface area contributed by atoms with Crippen LogP contribution in [0, 0.1) is 5.92 Å². The minimum atomic E-state index is 0.0768. The number of nitrogens with zero attached hydrogens (tertiary/aromatic N) is 2. The molecule has 0 aliphatic heterocycles. The number of carbonyl (C=O) groups is 1. The van der Waals surface area contributed by atoms with E-state index in [0.29, 0.717) is 17.7 Å². The molecule has 4 nitrogen and oxygen atoms in total. The number of aromatic nitrogens is 1. The van der Waals surface area contributed by atoms with E-state index in [-0.39, 0.29) is 5.91 Å². The first-order valence-corrected chi connectivity index (χ1v) is 7.62. The largest absolute Gasteiger partial charge is 0.385 e. The number of pyridine rings is 1. The highest BCUT2D eigenvalue weighted by Gasteiger charge is 2.33. The lowest BCUT2D eigenvalue weighted by Crippen LogP contribution is -2.35. The van der Waals surface area contributed by atoms with E-state index in [1.54, 1.807) is 6.20 Å². The minimum absolute atomic E-state index is 0.0768. The van der Waals surface area contributed by atoms with E-state index in [1.165, 1.54) is 0 Å². The third-order valence-corrected chi connectivity index (χ3v) is 3.56. The van der Waals surface area contributed by atoms with E-state index in [0.717, 1.165) is 38.0 Å². The number of anilines is 1. The fourth-order valence-corrected chi connectivity index (χ4v) is 2.24. The first-order valence-electron chi connectivity index (χ1n) is 7.62. The number of carbonyl (C=O) groups excluding carboxylic acids is 1. The van der Waals surface area contributed by atoms with E-state index in [1.807, 2.05) is 24.0 Å². The van der Waals surface area contributed by atoms with Gasteiger partial charge < -0.3 is 10.2 Å². The second-order valence-corrected chi connectivity index (χ2v) is 5.87. The summed E-state index contributed by atoms with van der Waals surface area (Å²) in [4.78, 5) is 18.9. The number of rotatable bonds is 7. The maximum absolute atomic E-state index is 12.6. The quantitative estimate of drug-likeness (QED) is 0.831. The van der Waals surface area contributed by atoms with Gasteiger partial charge in [0.05, 0.1) is 0 Å². The molecular weight excluding hydrogens is 250 g/mol. The highest BCUT2D eigenvalue weighted by Crippen LogP contribution is 2.29. The highest BCUT2D eigenvalue weighted by atomic mass is 16.2. The lowest BCUT2D eigenvalue weighted by Gasteiger charge is -2.23. The van der Waals surface area contributed by atoms with Crippen molar-refractivity contribution in [2.45, 2.75) is 46.1 Å². The van der Waals surface area contributed by atoms with Gasteiger partial charge in [-0.25, -0.2) is 0 Å². The van der Waals surface area contributed by atoms with E-state index < -0.39 is 0 Å². The summed E-state index contributed by atoms with van der Waals surface area (Å²) < 4.78 is 0. The molecule has 1 fully saturated rings. The van der Waals surface area contributed by atoms with Crippen molar-refractivity contribution >= 4 is 11.6 Å². The average molecular weight is 275 g/mol. The zero-order valence-corrected chi connectivity index (χ0v) is 12.7. The Hall–Kier alpha value is -1.58. The normalized spacial score (nSPS) is 14.4. The van der Waals surface area contributed by atoms with E-state index >= 15 is 0 Å². The van der Waals surface area contributed by atoms with E-state index in [2.05, 4.69) is 24.1 Å². The average Bonchev–Trinajstić information content (AvgIpc) is 3.24. The molecule has 1 aliphatic rings. The fourth-order valence-electron chi connectivity index (χ4n) is 2.24. The van der Waals surface area contributed by atoms with Crippen LogP contribution in [0.2, 0.25) is 0 Å². The molecule has 1 aromatic rings. The summed E-state index contributed by atoms with van der Waals surface area (Å²) in [6.45, 7) is 8.12. The van der Waals surface area contributed by atoms with Gasteiger partial charge in [0, 0.05) is 31.0 Å². The molecule has 0 saturated heterocycles. The monoisotopic (exact) mass is 275 g/mol. The molecule has 0 unspecified atom stereocenters. The smallest absolute Gasteiger partial charge is 0.272 e. The van der Waals surface area contributed by atoms with Crippen LogP contribution >= 0.6 is 0 Å². The Kier molecular flexibility index (Phi) is 4.99. The summed E-state index contributed by atoms with van der Waals surface area (Å²) in [6, 6.07) is 4.19. The molecule has 0 aromatic carbocycles. The highest BCUT2D eigenvalue weighted by molar-refractivity contribution is 5.93. The second-order valence-electron chi connectivity index (χ2n) is 5.87. The van der Waals surface area contributed by atoms with Gasteiger partial charge >= 0.3 is 0 Å². The van der Waals surface area contributed by atoms with Crippen molar-refractivity contribution in [1.82, 2.24) is 9.88 Å². The van der Waals surface area contributed by atoms with Crippen LogP contribution in [0.15, 0.2) is 18.3 Å². The van der Waals surface area contributed by atoms with Crippen molar-refractivity contribution in [1.29, 1.82) is 0 Å². The van der Waals surface area contributed by atoms with Crippen molar-refractivity contribution in [2.75, 3.05) is 18.4 Å². The summed E-state index contributed by atoms with van der Waals surface area (Å²) in [5, 5.41) is 3.23. The molecule has 1 N–H and O–H groups in total. The van der Waals surface area contributed by atoms with Crippen LogP contribution in [0.25, 0.3) is 0 Å². The van der Waals surface area contributed by atoms with Gasteiger partial charge in [-0.3, -0.25) is 9.78 Å². The second kappa shape index (κ2) is 6.73. The Balaban J connectivity index is 2.08. The summed E-state index contributed by atoms with van der Waals surface area (Å²) in [6.07, 6.45) is 5.03. The van der Waals surface area contributed by atoms with Crippen molar-refractivity contribution < 1.29 is 4.79 Å². The Morgan fingerprint density at radius 3 is 2.85 bits per heavy atom. The van der Waals surface area contributed by atoms with Gasteiger partial charge in [-0.1, -0.05) is 13.8 Å². The molecule has 1 aliphatic carbocycles. The molecule has 0 spiro atoms. The Bertz CT molecular complexity index is 455. The van der Waals surface area contributed by atoms with Crippen molar-refractivity contribution in [2.24, 2.45) is 5.92 Å². The molecular formula is C16H25N3O. The zero-order valence-electron chi connectivity index (χ0n) is 12.7. The number of hydrogen-bond donors (Lipinski definition) is 1. The maximum Gasteiger partial charge on any atom is 0.272 e. The van der Waals surface area contributed by atoms with Crippen LogP contribution < -0.4 is 5.32 Å². The molecule has 0 atom stereocenters. The van der Waals surface area contributed by atoms with Crippen molar-refractivity contribution in [3.05, 3.63) is 24.0 Å². The predicted molar refractivity (Wildman–Crippen MR) is 81.9 cm³/mol. The topological polar surface area (TPSA) is 45.2 Å². The molecule has 1 heterocycles. The molecule has 2 rings (SSSR count). The minimum Gasteiger partial charge on any atom is -0.385 e. The first-order chi connectivity index (χ1) is 9.61. The van der Waals surface area contributed by atoms with E-state index in [9.17, 15) is 4.79 Å². The van der Waals surface area contributed by atoms with Gasteiger partial charge in [0.15, 0.2) is 0 Å². The van der Waals surface area contributed by atoms with Gasteiger partial charge in [-0.2, -0.15) is 0 Å². The maximum atomic E-state index is 12.6. The lowest BCUT2D eigenvalue weighted by molar-refractivity contribution is 0.0729. The number of hydrogen-bond acceptors (Lipinski definition) is 3. The predicted octanol–water partition coefficient (Wildman–Crippen LogP) is 3.16. The zero-order chi connectivity index (χ0) is 14.5. The van der Waals surface area contributed by atoms with Crippen LogP contribution in [0.5, 0.6) is 0 Å². The van der Waals surface area contributed by atoms with E-state index in [4.69, 9.17) is 0 Å². The SMILES string of the molecule is CCNc1ccnc(C(=O)N(CCC(C)C)C2CC2)c1. The third kappa shape index (κ3) is 3.95. The van der Waals surface area contributed by atoms with Crippen LogP contribution in [0.4, 0.5) is 5.69 Å². The van der Waals surface area contributed by atoms with Crippen molar-refractivity contribution in [3.8, 4) is 0 Å². The van der Waals surface area contributed by atoms with Crippen LogP contribution in [-0.2, 0) is 0 Å². The fraction of sp³-hybridized carbons (Fsp3) is 0.625. The Morgan fingerprint density at radius 1 is 1.50 bits per heavy atom. The Labute approximate surface area is 121 Å². The molecule has 0 radical (unpaired) electrons. The van der Waals surface area contributed by atoms with Crippen LogP contribution in [0.1, 0.15) is 50.5 Å². The Morgan fingerprint density at radius 2 is 2.25 bits per heavy atom. The molecule has 1 saturated carbocycles. The first kappa shape index (κ1) is 14.8. The molecule has 1 amide bonds. The van der Waals surface area contributed by atoms with Crippen molar-refractivity contribution in [3.63, 3.8) is 0 Å². The summed E-state index contributed by atoms with van der Waals surface area (Å²) in [5.74, 6) is 0.693. The molecule has 4 heteroatoms. The molecule has 20 heavy (non-hydrogen) atoms.